The van der Waals surface area contributed by atoms with Crippen LogP contribution in [0, 0.1) is 6.92 Å². The maximum atomic E-state index is 14.1. The van der Waals surface area contributed by atoms with Crippen LogP contribution in [0.4, 0.5) is 4.79 Å². The number of hydrogen-bond acceptors (Lipinski definition) is 7. The molecule has 11 heteroatoms. The van der Waals surface area contributed by atoms with E-state index in [4.69, 9.17) is 4.98 Å². The molecule has 2 atom stereocenters. The van der Waals surface area contributed by atoms with Crippen molar-refractivity contribution in [1.82, 2.24) is 30.1 Å². The lowest BCUT2D eigenvalue weighted by atomic mass is 9.99. The number of aryl methyl sites for hydroxylation is 1. The van der Waals surface area contributed by atoms with E-state index in [-0.39, 0.29) is 36.7 Å². The van der Waals surface area contributed by atoms with Gasteiger partial charge in [0.25, 0.3) is 0 Å². The van der Waals surface area contributed by atoms with Crippen LogP contribution in [0.25, 0.3) is 10.2 Å². The van der Waals surface area contributed by atoms with Crippen molar-refractivity contribution >= 4 is 39.4 Å². The second kappa shape index (κ2) is 11.6. The Kier molecular flexibility index (Phi) is 7.70. The van der Waals surface area contributed by atoms with Gasteiger partial charge in [0.2, 0.25) is 11.8 Å². The number of rotatable bonds is 7. The lowest BCUT2D eigenvalue weighted by Crippen LogP contribution is -2.65. The Balaban J connectivity index is 1.28. The van der Waals surface area contributed by atoms with Gasteiger partial charge in [-0.25, -0.2) is 9.78 Å². The van der Waals surface area contributed by atoms with E-state index in [2.05, 4.69) is 17.5 Å². The number of benzene rings is 2. The number of thiazole rings is 1. The molecule has 2 aromatic carbocycles. The third kappa shape index (κ3) is 5.49. The van der Waals surface area contributed by atoms with Crippen LogP contribution in [0.1, 0.15) is 29.0 Å². The van der Waals surface area contributed by atoms with Crippen LogP contribution in [-0.4, -0.2) is 86.6 Å². The fourth-order valence-corrected chi connectivity index (χ4v) is 6.84. The smallest absolute Gasteiger partial charge is 0.332 e. The van der Waals surface area contributed by atoms with Crippen molar-refractivity contribution in [2.45, 2.75) is 44.9 Å². The number of amides is 4. The van der Waals surface area contributed by atoms with Gasteiger partial charge in [0.05, 0.1) is 28.3 Å². The molecule has 3 heterocycles. The highest BCUT2D eigenvalue weighted by Gasteiger charge is 2.51. The van der Waals surface area contributed by atoms with Crippen LogP contribution >= 0.6 is 11.3 Å². The summed E-state index contributed by atoms with van der Waals surface area (Å²) in [5.41, 5.74) is 3.71. The molecule has 4 amide bonds. The zero-order valence-corrected chi connectivity index (χ0v) is 24.5. The number of hydrazine groups is 1. The van der Waals surface area contributed by atoms with Gasteiger partial charge < -0.3 is 20.2 Å². The second-order valence-corrected chi connectivity index (χ2v) is 12.2. The van der Waals surface area contributed by atoms with E-state index in [1.54, 1.807) is 57.5 Å². The molecule has 2 aliphatic heterocycles. The Morgan fingerprint density at radius 1 is 1.17 bits per heavy atom. The van der Waals surface area contributed by atoms with Gasteiger partial charge in [-0.3, -0.25) is 14.6 Å². The van der Waals surface area contributed by atoms with Gasteiger partial charge in [-0.2, -0.15) is 5.01 Å². The van der Waals surface area contributed by atoms with E-state index in [0.717, 1.165) is 44.8 Å². The molecule has 2 saturated heterocycles. The molecule has 2 N–H and O–H groups in total. The number of fused-ring (bicyclic) bond motifs is 2. The molecule has 6 rings (SSSR count). The third-order valence-corrected chi connectivity index (χ3v) is 9.03. The molecule has 0 saturated carbocycles. The number of piperazine rings is 1. The highest BCUT2D eigenvalue weighted by atomic mass is 32.1. The number of aromatic hydroxyl groups is 1. The molecule has 3 aromatic rings. The van der Waals surface area contributed by atoms with E-state index in [0.29, 0.717) is 19.5 Å². The fourth-order valence-electron chi connectivity index (χ4n) is 5.96. The number of aromatic nitrogens is 1. The molecule has 218 valence electrons. The van der Waals surface area contributed by atoms with E-state index in [1.807, 2.05) is 31.2 Å². The van der Waals surface area contributed by atoms with Gasteiger partial charge in [-0.15, -0.1) is 11.3 Å². The topological polar surface area (TPSA) is 109 Å². The number of nitrogens with one attached hydrogen (secondary N) is 1. The number of urea groups is 1. The molecule has 10 nitrogen and oxygen atoms in total. The Bertz CT molecular complexity index is 1580. The van der Waals surface area contributed by atoms with E-state index < -0.39 is 12.2 Å². The molecule has 0 radical (unpaired) electrons. The molecule has 2 fully saturated rings. The summed E-state index contributed by atoms with van der Waals surface area (Å²) in [6, 6.07) is 11.6. The van der Waals surface area contributed by atoms with Crippen molar-refractivity contribution in [3.8, 4) is 5.75 Å². The summed E-state index contributed by atoms with van der Waals surface area (Å²) in [6.07, 6.45) is 7.97. The average Bonchev–Trinajstić information content (AvgIpc) is 3.54. The van der Waals surface area contributed by atoms with Gasteiger partial charge in [0.15, 0.2) is 0 Å². The third-order valence-electron chi connectivity index (χ3n) is 8.10. The molecule has 3 aliphatic rings. The first-order valence-electron chi connectivity index (χ1n) is 14.1. The summed E-state index contributed by atoms with van der Waals surface area (Å²) in [5.74, 6) is -0.219. The van der Waals surface area contributed by atoms with Crippen molar-refractivity contribution in [1.29, 1.82) is 0 Å². The summed E-state index contributed by atoms with van der Waals surface area (Å²) in [6.45, 7) is 2.96. The zero-order valence-electron chi connectivity index (χ0n) is 23.7. The van der Waals surface area contributed by atoms with Crippen LogP contribution in [-0.2, 0) is 22.6 Å². The minimum absolute atomic E-state index is 0.00868. The van der Waals surface area contributed by atoms with Gasteiger partial charge in [-0.05, 0) is 54.7 Å². The van der Waals surface area contributed by atoms with Gasteiger partial charge in [-0.1, -0.05) is 42.5 Å². The molecule has 0 spiro atoms. The molecule has 0 bridgehead atoms. The summed E-state index contributed by atoms with van der Waals surface area (Å²) >= 11 is 1.62. The Labute approximate surface area is 248 Å². The number of phenolic OH excluding ortho intramolecular Hbond substituents is 1. The van der Waals surface area contributed by atoms with Crippen molar-refractivity contribution < 1.29 is 19.5 Å². The Hall–Kier alpha value is -4.22. The predicted molar refractivity (Wildman–Crippen MR) is 160 cm³/mol. The molecule has 1 aliphatic carbocycles. The van der Waals surface area contributed by atoms with Crippen molar-refractivity contribution in [2.24, 2.45) is 0 Å². The van der Waals surface area contributed by atoms with Gasteiger partial charge >= 0.3 is 6.03 Å². The van der Waals surface area contributed by atoms with Crippen LogP contribution in [0.2, 0.25) is 0 Å². The first-order chi connectivity index (χ1) is 20.3. The SMILES string of the molecule is Cc1nc2c(CN3C[C@H]4N(C(=O)CN4N(C)C(=O)NCC4=CCCC=C4)[C@@H](Cc4ccc(O)cc4)C3=O)cccc2s1. The normalized spacial score (nSPS) is 20.7. The summed E-state index contributed by atoms with van der Waals surface area (Å²) in [7, 11) is 1.66. The highest BCUT2D eigenvalue weighted by molar-refractivity contribution is 7.18. The number of nitrogens with zero attached hydrogens (tertiary/aromatic N) is 5. The number of hydrogen-bond donors (Lipinski definition) is 2. The van der Waals surface area contributed by atoms with E-state index in [1.165, 1.54) is 5.01 Å². The molecular formula is C31H34N6O4S. The maximum absolute atomic E-state index is 14.1. The minimum Gasteiger partial charge on any atom is -0.508 e. The van der Waals surface area contributed by atoms with Gasteiger partial charge in [0, 0.05) is 26.6 Å². The first kappa shape index (κ1) is 27.9. The fraction of sp³-hybridized carbons (Fsp3) is 0.355. The monoisotopic (exact) mass is 586 g/mol. The molecule has 1 aromatic heterocycles. The van der Waals surface area contributed by atoms with E-state index >= 15 is 0 Å². The molecular weight excluding hydrogens is 552 g/mol. The van der Waals surface area contributed by atoms with Gasteiger partial charge in [0.1, 0.15) is 18.0 Å². The Morgan fingerprint density at radius 3 is 2.74 bits per heavy atom. The predicted octanol–water partition coefficient (Wildman–Crippen LogP) is 3.57. The van der Waals surface area contributed by atoms with Crippen LogP contribution in [0.3, 0.4) is 0 Å². The number of allylic oxidation sites excluding steroid dienone is 2. The van der Waals surface area contributed by atoms with Crippen molar-refractivity contribution in [3.05, 3.63) is 82.4 Å². The van der Waals surface area contributed by atoms with Crippen LogP contribution in [0.15, 0.2) is 66.3 Å². The lowest BCUT2D eigenvalue weighted by molar-refractivity contribution is -0.157. The summed E-state index contributed by atoms with van der Waals surface area (Å²) < 4.78 is 1.06. The second-order valence-electron chi connectivity index (χ2n) is 10.9. The number of para-hydroxylation sites is 1. The largest absolute Gasteiger partial charge is 0.508 e. The quantitative estimate of drug-likeness (QED) is 0.438. The standard InChI is InChI=1S/C31H34N6O4S/c1-20-33-29-23(9-6-10-26(29)42-20)17-35-18-27-36(34(2)31(41)32-16-22-7-4-3-5-8-22)19-28(39)37(27)25(30(35)40)15-21-11-13-24(38)14-12-21/h4,6-14,25,27,38H,3,5,15-19H2,1-2H3,(H,32,41)/t25-,27+/m0/s1. The van der Waals surface area contributed by atoms with Crippen LogP contribution < -0.4 is 5.32 Å². The van der Waals surface area contributed by atoms with Crippen LogP contribution in [0.5, 0.6) is 5.75 Å². The number of carbonyl (C=O) groups is 3. The molecule has 0 unspecified atom stereocenters. The summed E-state index contributed by atoms with van der Waals surface area (Å²) in [5, 5.41) is 16.9. The van der Waals surface area contributed by atoms with Crippen molar-refractivity contribution in [3.63, 3.8) is 0 Å². The molecule has 42 heavy (non-hydrogen) atoms. The number of carbonyl (C=O) groups excluding carboxylic acids is 3. The maximum Gasteiger partial charge on any atom is 0.332 e. The first-order valence-corrected chi connectivity index (χ1v) is 15.0. The highest BCUT2D eigenvalue weighted by Crippen LogP contribution is 2.32. The average molecular weight is 587 g/mol. The number of phenols is 1. The zero-order chi connectivity index (χ0) is 29.4. The summed E-state index contributed by atoms with van der Waals surface area (Å²) in [4.78, 5) is 48.9. The van der Waals surface area contributed by atoms with E-state index in [9.17, 15) is 19.5 Å². The Morgan fingerprint density at radius 2 is 1.98 bits per heavy atom. The van der Waals surface area contributed by atoms with Crippen molar-refractivity contribution in [2.75, 3.05) is 26.7 Å². The lowest BCUT2D eigenvalue weighted by Gasteiger charge is -2.45. The minimum atomic E-state index is -0.754.